The van der Waals surface area contributed by atoms with Crippen LogP contribution in [-0.4, -0.2) is 17.5 Å². The number of anilines is 1. The molecule has 0 heterocycles. The largest absolute Gasteiger partial charge is 0.435 e. The SMILES string of the molecule is NC(=S)C1(C(=O)Nc2ccc(OC(F)F)cc2)CCCC1. The summed E-state index contributed by atoms with van der Waals surface area (Å²) in [6.07, 6.45) is 3.10. The molecule has 7 heteroatoms. The van der Waals surface area contributed by atoms with Crippen molar-refractivity contribution in [2.24, 2.45) is 11.1 Å². The minimum atomic E-state index is -2.87. The molecule has 114 valence electrons. The van der Waals surface area contributed by atoms with Crippen molar-refractivity contribution in [3.05, 3.63) is 24.3 Å². The van der Waals surface area contributed by atoms with Crippen molar-refractivity contribution < 1.29 is 18.3 Å². The van der Waals surface area contributed by atoms with Crippen LogP contribution in [0.3, 0.4) is 0 Å². The van der Waals surface area contributed by atoms with Crippen LogP contribution in [0.1, 0.15) is 25.7 Å². The number of ether oxygens (including phenoxy) is 1. The van der Waals surface area contributed by atoms with Gasteiger partial charge >= 0.3 is 6.61 Å². The van der Waals surface area contributed by atoms with E-state index in [0.717, 1.165) is 12.8 Å². The van der Waals surface area contributed by atoms with Crippen molar-refractivity contribution in [2.45, 2.75) is 32.3 Å². The van der Waals surface area contributed by atoms with Gasteiger partial charge in [-0.25, -0.2) is 0 Å². The number of nitrogens with one attached hydrogen (secondary N) is 1. The molecule has 1 aromatic carbocycles. The van der Waals surface area contributed by atoms with Crippen LogP contribution in [0, 0.1) is 5.41 Å². The van der Waals surface area contributed by atoms with Crippen LogP contribution in [0.4, 0.5) is 14.5 Å². The number of halogens is 2. The Morgan fingerprint density at radius 2 is 1.86 bits per heavy atom. The van der Waals surface area contributed by atoms with E-state index < -0.39 is 12.0 Å². The Morgan fingerprint density at radius 1 is 1.29 bits per heavy atom. The van der Waals surface area contributed by atoms with E-state index in [2.05, 4.69) is 10.1 Å². The number of nitrogens with two attached hydrogens (primary N) is 1. The van der Waals surface area contributed by atoms with Crippen molar-refractivity contribution in [1.29, 1.82) is 0 Å². The van der Waals surface area contributed by atoms with Crippen molar-refractivity contribution in [1.82, 2.24) is 0 Å². The van der Waals surface area contributed by atoms with Crippen molar-refractivity contribution in [3.63, 3.8) is 0 Å². The molecule has 1 aliphatic rings. The van der Waals surface area contributed by atoms with Gasteiger partial charge < -0.3 is 15.8 Å². The first-order chi connectivity index (χ1) is 9.94. The second-order valence-corrected chi connectivity index (χ2v) is 5.45. The van der Waals surface area contributed by atoms with Crippen LogP contribution >= 0.6 is 12.2 Å². The Morgan fingerprint density at radius 3 is 2.33 bits per heavy atom. The normalized spacial score (nSPS) is 16.7. The van der Waals surface area contributed by atoms with Gasteiger partial charge in [0, 0.05) is 5.69 Å². The Balaban J connectivity index is 2.07. The van der Waals surface area contributed by atoms with E-state index >= 15 is 0 Å². The van der Waals surface area contributed by atoms with Crippen molar-refractivity contribution in [3.8, 4) is 5.75 Å². The van der Waals surface area contributed by atoms with Gasteiger partial charge in [-0.1, -0.05) is 25.1 Å². The van der Waals surface area contributed by atoms with Gasteiger partial charge in [0.2, 0.25) is 5.91 Å². The highest BCUT2D eigenvalue weighted by Crippen LogP contribution is 2.39. The number of thiocarbonyl (C=S) groups is 1. The lowest BCUT2D eigenvalue weighted by molar-refractivity contribution is -0.122. The van der Waals surface area contributed by atoms with Crippen LogP contribution in [0.15, 0.2) is 24.3 Å². The number of alkyl halides is 2. The maximum Gasteiger partial charge on any atom is 0.387 e. The summed E-state index contributed by atoms with van der Waals surface area (Å²) in [5, 5.41) is 2.74. The first kappa shape index (κ1) is 15.6. The summed E-state index contributed by atoms with van der Waals surface area (Å²) in [4.78, 5) is 12.6. The molecular formula is C14H16F2N2O2S. The molecule has 0 atom stereocenters. The Hall–Kier alpha value is -1.76. The second kappa shape index (κ2) is 6.34. The molecule has 0 aliphatic heterocycles. The van der Waals surface area contributed by atoms with Crippen LogP contribution in [0.25, 0.3) is 0 Å². The summed E-state index contributed by atoms with van der Waals surface area (Å²) in [7, 11) is 0. The molecule has 0 radical (unpaired) electrons. The van der Waals surface area contributed by atoms with Gasteiger partial charge in [-0.15, -0.1) is 0 Å². The van der Waals surface area contributed by atoms with Gasteiger partial charge in [0.05, 0.1) is 10.4 Å². The summed E-state index contributed by atoms with van der Waals surface area (Å²) in [5.74, 6) is -0.206. The quantitative estimate of drug-likeness (QED) is 0.820. The molecule has 1 aliphatic carbocycles. The van der Waals surface area contributed by atoms with Gasteiger partial charge in [0.15, 0.2) is 0 Å². The highest BCUT2D eigenvalue weighted by molar-refractivity contribution is 7.80. The number of hydrogen-bond acceptors (Lipinski definition) is 3. The summed E-state index contributed by atoms with van der Waals surface area (Å²) in [6, 6.07) is 5.73. The summed E-state index contributed by atoms with van der Waals surface area (Å²) >= 11 is 5.04. The molecule has 0 spiro atoms. The van der Waals surface area contributed by atoms with Crippen LogP contribution in [0.5, 0.6) is 5.75 Å². The Bertz CT molecular complexity index is 528. The first-order valence-corrected chi connectivity index (χ1v) is 7.01. The number of amides is 1. The lowest BCUT2D eigenvalue weighted by Gasteiger charge is -2.26. The fourth-order valence-corrected chi connectivity index (χ4v) is 2.83. The number of rotatable bonds is 5. The maximum absolute atomic E-state index is 12.4. The molecule has 1 aromatic rings. The summed E-state index contributed by atoms with van der Waals surface area (Å²) < 4.78 is 28.4. The minimum absolute atomic E-state index is 0.0351. The summed E-state index contributed by atoms with van der Waals surface area (Å²) in [6.45, 7) is -2.87. The third-order valence-corrected chi connectivity index (χ3v) is 4.09. The molecule has 3 N–H and O–H groups in total. The fraction of sp³-hybridized carbons (Fsp3) is 0.429. The fourth-order valence-electron chi connectivity index (χ4n) is 2.53. The zero-order valence-electron chi connectivity index (χ0n) is 11.3. The van der Waals surface area contributed by atoms with Gasteiger partial charge in [0.1, 0.15) is 5.75 Å². The lowest BCUT2D eigenvalue weighted by Crippen LogP contribution is -2.43. The minimum Gasteiger partial charge on any atom is -0.435 e. The smallest absolute Gasteiger partial charge is 0.387 e. The number of carbonyl (C=O) groups excluding carboxylic acids is 1. The van der Waals surface area contributed by atoms with Gasteiger partial charge in [0.25, 0.3) is 0 Å². The average molecular weight is 314 g/mol. The molecule has 4 nitrogen and oxygen atoms in total. The van der Waals surface area contributed by atoms with Gasteiger partial charge in [-0.05, 0) is 37.1 Å². The molecule has 1 amide bonds. The van der Waals surface area contributed by atoms with E-state index in [4.69, 9.17) is 18.0 Å². The topological polar surface area (TPSA) is 64.4 Å². The predicted molar refractivity (Wildman–Crippen MR) is 79.4 cm³/mol. The zero-order valence-corrected chi connectivity index (χ0v) is 12.1. The lowest BCUT2D eigenvalue weighted by atomic mass is 9.85. The monoisotopic (exact) mass is 314 g/mol. The average Bonchev–Trinajstić information content (AvgIpc) is 2.91. The Labute approximate surface area is 126 Å². The van der Waals surface area contributed by atoms with Crippen molar-refractivity contribution >= 4 is 28.8 Å². The van der Waals surface area contributed by atoms with E-state index in [1.54, 1.807) is 0 Å². The van der Waals surface area contributed by atoms with Gasteiger partial charge in [-0.2, -0.15) is 8.78 Å². The van der Waals surface area contributed by atoms with E-state index in [0.29, 0.717) is 18.5 Å². The highest BCUT2D eigenvalue weighted by atomic mass is 32.1. The van der Waals surface area contributed by atoms with Crippen LogP contribution in [-0.2, 0) is 4.79 Å². The highest BCUT2D eigenvalue weighted by Gasteiger charge is 2.43. The predicted octanol–water partition coefficient (Wildman–Crippen LogP) is 3.07. The van der Waals surface area contributed by atoms with E-state index in [-0.39, 0.29) is 16.6 Å². The number of hydrogen-bond donors (Lipinski definition) is 2. The standard InChI is InChI=1S/C14H16F2N2O2S/c15-13(16)20-10-5-3-9(4-6-10)18-12(19)14(11(17)21)7-1-2-8-14/h3-6,13H,1-2,7-8H2,(H2,17,21)(H,18,19). The first-order valence-electron chi connectivity index (χ1n) is 6.60. The molecular weight excluding hydrogens is 298 g/mol. The molecule has 0 bridgehead atoms. The van der Waals surface area contributed by atoms with Crippen molar-refractivity contribution in [2.75, 3.05) is 5.32 Å². The van der Waals surface area contributed by atoms with E-state index in [1.165, 1.54) is 24.3 Å². The molecule has 1 saturated carbocycles. The van der Waals surface area contributed by atoms with Gasteiger partial charge in [-0.3, -0.25) is 4.79 Å². The maximum atomic E-state index is 12.4. The van der Waals surface area contributed by atoms with Crippen LogP contribution in [0.2, 0.25) is 0 Å². The molecule has 21 heavy (non-hydrogen) atoms. The second-order valence-electron chi connectivity index (χ2n) is 5.01. The molecule has 0 saturated heterocycles. The van der Waals surface area contributed by atoms with Crippen LogP contribution < -0.4 is 15.8 Å². The third kappa shape index (κ3) is 3.47. The van der Waals surface area contributed by atoms with E-state index in [1.807, 2.05) is 0 Å². The zero-order chi connectivity index (χ0) is 15.5. The molecule has 1 fully saturated rings. The third-order valence-electron chi connectivity index (χ3n) is 3.70. The molecule has 2 rings (SSSR count). The number of carbonyl (C=O) groups is 1. The summed E-state index contributed by atoms with van der Waals surface area (Å²) in [5.41, 5.74) is 5.43. The molecule has 0 aromatic heterocycles. The Kier molecular flexibility index (Phi) is 4.72. The number of benzene rings is 1. The van der Waals surface area contributed by atoms with E-state index in [9.17, 15) is 13.6 Å². The molecule has 0 unspecified atom stereocenters.